The lowest BCUT2D eigenvalue weighted by atomic mass is 10.1. The van der Waals surface area contributed by atoms with E-state index >= 15 is 0 Å². The number of carbonyl (C=O) groups excluding carboxylic acids is 2. The van der Waals surface area contributed by atoms with Crippen LogP contribution in [0.5, 0.6) is 0 Å². The fourth-order valence-electron chi connectivity index (χ4n) is 2.49. The topological polar surface area (TPSA) is 114 Å². The zero-order valence-corrected chi connectivity index (χ0v) is 17.8. The van der Waals surface area contributed by atoms with E-state index in [1.165, 1.54) is 23.3 Å². The number of thiocarbonyl (C=S) groups is 1. The Morgan fingerprint density at radius 2 is 2.24 bits per heavy atom. The van der Waals surface area contributed by atoms with Gasteiger partial charge in [0.1, 0.15) is 11.9 Å². The van der Waals surface area contributed by atoms with Crippen LogP contribution in [0.15, 0.2) is 22.5 Å². The Hall–Kier alpha value is -2.51. The third-order valence-electron chi connectivity index (χ3n) is 3.83. The quantitative estimate of drug-likeness (QED) is 0.500. The molecule has 0 radical (unpaired) electrons. The van der Waals surface area contributed by atoms with Crippen LogP contribution < -0.4 is 15.5 Å². The van der Waals surface area contributed by atoms with E-state index in [-0.39, 0.29) is 27.3 Å². The molecule has 2 heterocycles. The maximum absolute atomic E-state index is 14.5. The number of hydrogen-bond acceptors (Lipinski definition) is 8. The number of aromatic nitrogens is 2. The van der Waals surface area contributed by atoms with E-state index in [9.17, 15) is 18.2 Å². The van der Waals surface area contributed by atoms with Crippen molar-refractivity contribution in [1.82, 2.24) is 15.5 Å². The van der Waals surface area contributed by atoms with E-state index in [2.05, 4.69) is 20.8 Å². The number of anilines is 2. The number of nitrogens with one attached hydrogen (secondary N) is 2. The normalized spacial score (nSPS) is 17.0. The first kappa shape index (κ1) is 21.2. The Bertz CT molecular complexity index is 999. The number of ether oxygens (including phenoxy) is 1. The summed E-state index contributed by atoms with van der Waals surface area (Å²) in [5, 5.41) is 12.8. The van der Waals surface area contributed by atoms with E-state index in [1.54, 1.807) is 6.92 Å². The molecule has 1 aromatic carbocycles. The van der Waals surface area contributed by atoms with Gasteiger partial charge >= 0.3 is 6.09 Å². The summed E-state index contributed by atoms with van der Waals surface area (Å²) < 4.78 is 31.3. The minimum atomic E-state index is -1.33. The minimum Gasteiger partial charge on any atom is -0.442 e. The summed E-state index contributed by atoms with van der Waals surface area (Å²) in [5.74, 6) is -1.55. The van der Waals surface area contributed by atoms with Crippen LogP contribution in [0.2, 0.25) is 0 Å². The number of hydrogen-bond donors (Lipinski definition) is 2. The summed E-state index contributed by atoms with van der Waals surface area (Å²) in [5.41, 5.74) is 0.0374. The predicted octanol–water partition coefficient (Wildman–Crippen LogP) is 1.93. The molecular weight excluding hydrogens is 441 g/mol. The molecule has 1 aliphatic heterocycles. The Kier molecular flexibility index (Phi) is 6.49. The van der Waals surface area contributed by atoms with Crippen molar-refractivity contribution >= 4 is 62.2 Å². The number of nitrogens with zero attached hydrogens (tertiary/aromatic N) is 3. The summed E-state index contributed by atoms with van der Waals surface area (Å²) in [6.07, 6.45) is 0.400. The third kappa shape index (κ3) is 5.10. The standard InChI is InChI=1S/C16H16FN5O4S3/c1-8(27)18-6-10-7-22(16(24)26-10)9-3-4-11(12(17)5-9)13(23)19-14-20-21-15(28-14)29(2)25/h3-5,10H,6-7H2,1-2H3,(H,18,27)(H,19,20,23)/t10-,29?/m0/s1. The zero-order chi connectivity index (χ0) is 21.1. The van der Waals surface area contributed by atoms with Crippen LogP contribution in [-0.2, 0) is 15.5 Å². The molecular formula is C16H16FN5O4S3. The second kappa shape index (κ2) is 8.88. The van der Waals surface area contributed by atoms with E-state index in [0.717, 1.165) is 17.4 Å². The number of halogens is 1. The van der Waals surface area contributed by atoms with Gasteiger partial charge in [0.15, 0.2) is 0 Å². The lowest BCUT2D eigenvalue weighted by Crippen LogP contribution is -2.32. The largest absolute Gasteiger partial charge is 0.442 e. The maximum Gasteiger partial charge on any atom is 0.414 e. The van der Waals surface area contributed by atoms with Gasteiger partial charge in [-0.1, -0.05) is 23.6 Å². The van der Waals surface area contributed by atoms with Gasteiger partial charge in [-0.15, -0.1) is 10.2 Å². The molecule has 3 rings (SSSR count). The van der Waals surface area contributed by atoms with Gasteiger partial charge in [-0.3, -0.25) is 19.2 Å². The summed E-state index contributed by atoms with van der Waals surface area (Å²) >= 11 is 5.86. The molecule has 0 aliphatic carbocycles. The molecule has 2 amide bonds. The SMILES string of the molecule is CC(=S)NC[C@H]1CN(c2ccc(C(=O)Nc3nnc(S(C)=O)s3)c(F)c2)C(=O)O1. The van der Waals surface area contributed by atoms with Crippen molar-refractivity contribution in [2.45, 2.75) is 17.4 Å². The van der Waals surface area contributed by atoms with E-state index in [0.29, 0.717) is 11.5 Å². The van der Waals surface area contributed by atoms with Gasteiger partial charge in [0.2, 0.25) is 9.47 Å². The first-order valence-corrected chi connectivity index (χ1v) is 11.0. The molecule has 1 unspecified atom stereocenters. The molecule has 2 N–H and O–H groups in total. The van der Waals surface area contributed by atoms with E-state index in [4.69, 9.17) is 17.0 Å². The summed E-state index contributed by atoms with van der Waals surface area (Å²) in [6.45, 7) is 2.29. The van der Waals surface area contributed by atoms with Crippen LogP contribution in [0.25, 0.3) is 0 Å². The smallest absolute Gasteiger partial charge is 0.414 e. The molecule has 2 aromatic rings. The van der Waals surface area contributed by atoms with Crippen molar-refractivity contribution in [1.29, 1.82) is 0 Å². The van der Waals surface area contributed by atoms with Crippen LogP contribution in [0.3, 0.4) is 0 Å². The van der Waals surface area contributed by atoms with Gasteiger partial charge in [0, 0.05) is 6.26 Å². The first-order valence-electron chi connectivity index (χ1n) is 8.25. The third-order valence-corrected chi connectivity index (χ3v) is 6.14. The number of cyclic esters (lactones) is 1. The number of benzene rings is 1. The lowest BCUT2D eigenvalue weighted by molar-refractivity contribution is 0.102. The van der Waals surface area contributed by atoms with E-state index in [1.807, 2.05) is 0 Å². The molecule has 29 heavy (non-hydrogen) atoms. The highest BCUT2D eigenvalue weighted by Gasteiger charge is 2.32. The molecule has 0 bridgehead atoms. The van der Waals surface area contributed by atoms with E-state index < -0.39 is 34.7 Å². The average Bonchev–Trinajstić information content (AvgIpc) is 3.26. The van der Waals surface area contributed by atoms with Crippen LogP contribution >= 0.6 is 23.6 Å². The average molecular weight is 458 g/mol. The number of amides is 2. The van der Waals surface area contributed by atoms with Gasteiger partial charge in [0.25, 0.3) is 5.91 Å². The van der Waals surface area contributed by atoms with Crippen molar-refractivity contribution < 1.29 is 22.9 Å². The van der Waals surface area contributed by atoms with Gasteiger partial charge in [-0.05, 0) is 25.1 Å². The molecule has 9 nitrogen and oxygen atoms in total. The Labute approximate surface area is 177 Å². The van der Waals surface area contributed by atoms with Gasteiger partial charge in [-0.2, -0.15) is 0 Å². The molecule has 13 heteroatoms. The highest BCUT2D eigenvalue weighted by Crippen LogP contribution is 2.25. The van der Waals surface area contributed by atoms with Crippen LogP contribution in [-0.4, -0.2) is 56.8 Å². The van der Waals surface area contributed by atoms with Crippen molar-refractivity contribution in [3.05, 3.63) is 29.6 Å². The minimum absolute atomic E-state index is 0.107. The highest BCUT2D eigenvalue weighted by atomic mass is 32.2. The molecule has 1 aliphatic rings. The fraction of sp³-hybridized carbons (Fsp3) is 0.312. The molecule has 1 saturated heterocycles. The number of carbonyl (C=O) groups is 2. The van der Waals surface area contributed by atoms with Gasteiger partial charge in [0.05, 0.1) is 40.1 Å². The first-order chi connectivity index (χ1) is 13.7. The molecule has 0 spiro atoms. The highest BCUT2D eigenvalue weighted by molar-refractivity contribution is 7.86. The van der Waals surface area contributed by atoms with Crippen molar-refractivity contribution in [3.63, 3.8) is 0 Å². The Morgan fingerprint density at radius 3 is 2.86 bits per heavy atom. The molecule has 154 valence electrons. The van der Waals surface area contributed by atoms with Gasteiger partial charge in [-0.25, -0.2) is 9.18 Å². The molecule has 2 atom stereocenters. The Balaban J connectivity index is 1.69. The van der Waals surface area contributed by atoms with Crippen LogP contribution in [0.4, 0.5) is 20.0 Å². The Morgan fingerprint density at radius 1 is 1.48 bits per heavy atom. The number of rotatable bonds is 6. The second-order valence-electron chi connectivity index (χ2n) is 6.00. The second-order valence-corrected chi connectivity index (χ2v) is 9.14. The fourth-order valence-corrected chi connectivity index (χ4v) is 3.91. The van der Waals surface area contributed by atoms with Crippen molar-refractivity contribution in [2.75, 3.05) is 29.6 Å². The molecule has 1 fully saturated rings. The lowest BCUT2D eigenvalue weighted by Gasteiger charge is -2.14. The van der Waals surface area contributed by atoms with Gasteiger partial charge < -0.3 is 10.1 Å². The summed E-state index contributed by atoms with van der Waals surface area (Å²) in [4.78, 5) is 26.2. The molecule has 0 saturated carbocycles. The molecule has 1 aromatic heterocycles. The van der Waals surface area contributed by atoms with Crippen LogP contribution in [0, 0.1) is 5.82 Å². The summed E-state index contributed by atoms with van der Waals surface area (Å²) in [7, 11) is -1.33. The van der Waals surface area contributed by atoms with Crippen molar-refractivity contribution in [3.8, 4) is 0 Å². The predicted molar refractivity (Wildman–Crippen MR) is 110 cm³/mol. The maximum atomic E-state index is 14.5. The van der Waals surface area contributed by atoms with Crippen molar-refractivity contribution in [2.24, 2.45) is 0 Å². The monoisotopic (exact) mass is 457 g/mol. The van der Waals surface area contributed by atoms with Crippen LogP contribution in [0.1, 0.15) is 17.3 Å². The summed E-state index contributed by atoms with van der Waals surface area (Å²) in [6, 6.07) is 3.80. The zero-order valence-electron chi connectivity index (χ0n) is 15.3.